The fourth-order valence-corrected chi connectivity index (χ4v) is 2.10. The van der Waals surface area contributed by atoms with Crippen LogP contribution in [0, 0.1) is 6.92 Å². The number of carbonyl (C=O) groups excluding carboxylic acids is 1. The first kappa shape index (κ1) is 14.4. The van der Waals surface area contributed by atoms with Gasteiger partial charge in [0, 0.05) is 10.2 Å². The number of hydrogen-bond acceptors (Lipinski definition) is 4. The summed E-state index contributed by atoms with van der Waals surface area (Å²) >= 11 is 3.45. The Labute approximate surface area is 126 Å². The standard InChI is InChI=1S/C15H15BrN2O2/c1-9-8-10(6-7-12(9)16)18-14-11(15(19)20-2)4-3-5-13(14)17/h3-8,18H,17H2,1-2H3. The average molecular weight is 335 g/mol. The van der Waals surface area contributed by atoms with Gasteiger partial charge in [0.2, 0.25) is 0 Å². The number of halogens is 1. The van der Waals surface area contributed by atoms with Crippen molar-refractivity contribution < 1.29 is 9.53 Å². The van der Waals surface area contributed by atoms with Crippen LogP contribution in [-0.4, -0.2) is 13.1 Å². The number of nitrogen functional groups attached to an aromatic ring is 1. The number of rotatable bonds is 3. The number of anilines is 3. The van der Waals surface area contributed by atoms with Crippen molar-refractivity contribution in [3.63, 3.8) is 0 Å². The number of ether oxygens (including phenoxy) is 1. The topological polar surface area (TPSA) is 64.3 Å². The van der Waals surface area contributed by atoms with Crippen molar-refractivity contribution in [2.24, 2.45) is 0 Å². The van der Waals surface area contributed by atoms with Crippen LogP contribution < -0.4 is 11.1 Å². The molecule has 2 aromatic carbocycles. The van der Waals surface area contributed by atoms with E-state index in [1.54, 1.807) is 18.2 Å². The van der Waals surface area contributed by atoms with Crippen LogP contribution in [0.4, 0.5) is 17.1 Å². The molecule has 2 aromatic rings. The van der Waals surface area contributed by atoms with Crippen LogP contribution in [0.1, 0.15) is 15.9 Å². The van der Waals surface area contributed by atoms with Crippen molar-refractivity contribution in [1.29, 1.82) is 0 Å². The molecule has 0 aliphatic heterocycles. The molecule has 0 aliphatic rings. The van der Waals surface area contributed by atoms with Crippen molar-refractivity contribution in [1.82, 2.24) is 0 Å². The lowest BCUT2D eigenvalue weighted by molar-refractivity contribution is 0.0602. The van der Waals surface area contributed by atoms with Crippen LogP contribution in [0.25, 0.3) is 0 Å². The Bertz CT molecular complexity index is 656. The zero-order valence-corrected chi connectivity index (χ0v) is 12.8. The summed E-state index contributed by atoms with van der Waals surface area (Å²) in [6.45, 7) is 1.99. The van der Waals surface area contributed by atoms with Gasteiger partial charge in [0.05, 0.1) is 24.0 Å². The predicted molar refractivity (Wildman–Crippen MR) is 84.4 cm³/mol. The monoisotopic (exact) mass is 334 g/mol. The second-order valence-electron chi connectivity index (χ2n) is 4.35. The normalized spacial score (nSPS) is 10.2. The molecule has 0 aliphatic carbocycles. The third kappa shape index (κ3) is 2.93. The van der Waals surface area contributed by atoms with Gasteiger partial charge >= 0.3 is 5.97 Å². The predicted octanol–water partition coefficient (Wildman–Crippen LogP) is 3.87. The number of nitrogens with two attached hydrogens (primary N) is 1. The van der Waals surface area contributed by atoms with E-state index in [2.05, 4.69) is 21.2 Å². The summed E-state index contributed by atoms with van der Waals surface area (Å²) in [5, 5.41) is 3.18. The Kier molecular flexibility index (Phi) is 4.29. The number of para-hydroxylation sites is 1. The third-order valence-electron chi connectivity index (χ3n) is 2.93. The van der Waals surface area contributed by atoms with Gasteiger partial charge in [0.15, 0.2) is 0 Å². The minimum absolute atomic E-state index is 0.410. The zero-order chi connectivity index (χ0) is 14.7. The molecule has 0 bridgehead atoms. The molecular weight excluding hydrogens is 320 g/mol. The second-order valence-corrected chi connectivity index (χ2v) is 5.20. The van der Waals surface area contributed by atoms with Gasteiger partial charge in [0.25, 0.3) is 0 Å². The van der Waals surface area contributed by atoms with E-state index < -0.39 is 5.97 Å². The van der Waals surface area contributed by atoms with E-state index in [4.69, 9.17) is 10.5 Å². The van der Waals surface area contributed by atoms with Crippen molar-refractivity contribution in [3.8, 4) is 0 Å². The van der Waals surface area contributed by atoms with Gasteiger partial charge < -0.3 is 15.8 Å². The highest BCUT2D eigenvalue weighted by molar-refractivity contribution is 9.10. The fraction of sp³-hybridized carbons (Fsp3) is 0.133. The summed E-state index contributed by atoms with van der Waals surface area (Å²) in [6, 6.07) is 11.0. The lowest BCUT2D eigenvalue weighted by atomic mass is 10.1. The molecule has 4 nitrogen and oxygen atoms in total. The quantitative estimate of drug-likeness (QED) is 0.660. The summed E-state index contributed by atoms with van der Waals surface area (Å²) in [7, 11) is 1.35. The van der Waals surface area contributed by atoms with Crippen molar-refractivity contribution in [3.05, 3.63) is 52.0 Å². The first-order valence-corrected chi connectivity index (χ1v) is 6.82. The first-order valence-electron chi connectivity index (χ1n) is 6.03. The van der Waals surface area contributed by atoms with E-state index in [-0.39, 0.29) is 0 Å². The molecule has 0 fully saturated rings. The van der Waals surface area contributed by atoms with Gasteiger partial charge in [0.1, 0.15) is 0 Å². The summed E-state index contributed by atoms with van der Waals surface area (Å²) < 4.78 is 5.80. The van der Waals surface area contributed by atoms with Crippen molar-refractivity contribution in [2.45, 2.75) is 6.92 Å². The number of nitrogens with one attached hydrogen (secondary N) is 1. The van der Waals surface area contributed by atoms with E-state index in [1.807, 2.05) is 25.1 Å². The highest BCUT2D eigenvalue weighted by Crippen LogP contribution is 2.29. The number of benzene rings is 2. The maximum Gasteiger partial charge on any atom is 0.340 e. The Hall–Kier alpha value is -2.01. The molecule has 104 valence electrons. The zero-order valence-electron chi connectivity index (χ0n) is 11.2. The van der Waals surface area contributed by atoms with Crippen LogP contribution in [0.2, 0.25) is 0 Å². The molecule has 3 N–H and O–H groups in total. The highest BCUT2D eigenvalue weighted by Gasteiger charge is 2.14. The molecule has 0 unspecified atom stereocenters. The minimum atomic E-state index is -0.423. The van der Waals surface area contributed by atoms with Crippen molar-refractivity contribution >= 4 is 39.0 Å². The van der Waals surface area contributed by atoms with Crippen LogP contribution in [0.3, 0.4) is 0 Å². The van der Waals surface area contributed by atoms with E-state index in [9.17, 15) is 4.79 Å². The van der Waals surface area contributed by atoms with Crippen LogP contribution in [-0.2, 0) is 4.74 Å². The molecule has 2 rings (SSSR count). The van der Waals surface area contributed by atoms with E-state index in [0.29, 0.717) is 16.9 Å². The molecule has 0 radical (unpaired) electrons. The maximum absolute atomic E-state index is 11.8. The maximum atomic E-state index is 11.8. The third-order valence-corrected chi connectivity index (χ3v) is 3.82. The highest BCUT2D eigenvalue weighted by atomic mass is 79.9. The van der Waals surface area contributed by atoms with Gasteiger partial charge in [-0.15, -0.1) is 0 Å². The summed E-state index contributed by atoms with van der Waals surface area (Å²) in [5.41, 5.74) is 9.35. The van der Waals surface area contributed by atoms with Crippen LogP contribution in [0.15, 0.2) is 40.9 Å². The number of methoxy groups -OCH3 is 1. The summed E-state index contributed by atoms with van der Waals surface area (Å²) in [6.07, 6.45) is 0. The molecule has 0 saturated carbocycles. The molecule has 5 heteroatoms. The van der Waals surface area contributed by atoms with E-state index in [1.165, 1.54) is 7.11 Å². The van der Waals surface area contributed by atoms with Crippen molar-refractivity contribution in [2.75, 3.05) is 18.2 Å². The fourth-order valence-electron chi connectivity index (χ4n) is 1.86. The Morgan fingerprint density at radius 3 is 2.70 bits per heavy atom. The average Bonchev–Trinajstić information content (AvgIpc) is 2.44. The number of esters is 1. The number of aryl methyl sites for hydroxylation is 1. The van der Waals surface area contributed by atoms with Crippen LogP contribution >= 0.6 is 15.9 Å². The van der Waals surface area contributed by atoms with Crippen LogP contribution in [0.5, 0.6) is 0 Å². The minimum Gasteiger partial charge on any atom is -0.465 e. The molecule has 0 spiro atoms. The summed E-state index contributed by atoms with van der Waals surface area (Å²) in [4.78, 5) is 11.8. The molecule has 0 aromatic heterocycles. The molecule has 0 heterocycles. The van der Waals surface area contributed by atoms with E-state index in [0.717, 1.165) is 15.7 Å². The SMILES string of the molecule is COC(=O)c1cccc(N)c1Nc1ccc(Br)c(C)c1. The number of carbonyl (C=O) groups is 1. The van der Waals surface area contributed by atoms with Gasteiger partial charge in [-0.25, -0.2) is 4.79 Å². The Morgan fingerprint density at radius 1 is 1.30 bits per heavy atom. The molecule has 0 saturated heterocycles. The van der Waals surface area contributed by atoms with Gasteiger partial charge in [-0.1, -0.05) is 22.0 Å². The molecular formula is C15H15BrN2O2. The van der Waals surface area contributed by atoms with Gasteiger partial charge in [-0.05, 0) is 42.8 Å². The summed E-state index contributed by atoms with van der Waals surface area (Å²) in [5.74, 6) is -0.423. The lowest BCUT2D eigenvalue weighted by Gasteiger charge is -2.14. The van der Waals surface area contributed by atoms with Gasteiger partial charge in [-0.3, -0.25) is 0 Å². The molecule has 0 atom stereocenters. The smallest absolute Gasteiger partial charge is 0.340 e. The second kappa shape index (κ2) is 5.96. The molecule has 0 amide bonds. The molecule has 20 heavy (non-hydrogen) atoms. The van der Waals surface area contributed by atoms with E-state index >= 15 is 0 Å². The lowest BCUT2D eigenvalue weighted by Crippen LogP contribution is -2.08. The van der Waals surface area contributed by atoms with Gasteiger partial charge in [-0.2, -0.15) is 0 Å². The number of hydrogen-bond donors (Lipinski definition) is 2. The Morgan fingerprint density at radius 2 is 2.05 bits per heavy atom. The first-order chi connectivity index (χ1) is 9.52. The Balaban J connectivity index is 2.42. The largest absolute Gasteiger partial charge is 0.465 e.